The van der Waals surface area contributed by atoms with Gasteiger partial charge in [0.1, 0.15) is 5.75 Å². The molecule has 0 fully saturated rings. The highest BCUT2D eigenvalue weighted by atomic mass is 16.5. The van der Waals surface area contributed by atoms with E-state index in [1.54, 1.807) is 0 Å². The summed E-state index contributed by atoms with van der Waals surface area (Å²) in [5.74, 6) is 1.25. The van der Waals surface area contributed by atoms with E-state index in [1.165, 1.54) is 13.4 Å². The number of H-pyrrole nitrogens is 1. The molecule has 0 amide bonds. The Kier molecular flexibility index (Phi) is 3.85. The van der Waals surface area contributed by atoms with E-state index >= 15 is 0 Å². The molecule has 0 bridgehead atoms. The Balaban J connectivity index is 2.34. The average molecular weight is 260 g/mol. The molecule has 5 nitrogen and oxygen atoms in total. The molecule has 0 atom stereocenters. The molecule has 2 rings (SSSR count). The van der Waals surface area contributed by atoms with Crippen LogP contribution in [0.4, 0.5) is 0 Å². The number of hydrogen-bond acceptors (Lipinski definition) is 4. The lowest BCUT2D eigenvalue weighted by atomic mass is 10.0. The fourth-order valence-corrected chi connectivity index (χ4v) is 1.67. The lowest BCUT2D eigenvalue weighted by molar-refractivity contribution is 0.363. The maximum atomic E-state index is 11.5. The van der Waals surface area contributed by atoms with Crippen LogP contribution in [0, 0.1) is 0 Å². The van der Waals surface area contributed by atoms with Gasteiger partial charge in [-0.3, -0.25) is 4.79 Å². The summed E-state index contributed by atoms with van der Waals surface area (Å²) in [4.78, 5) is 17.9. The number of methoxy groups -OCH3 is 1. The first-order chi connectivity index (χ1) is 9.11. The van der Waals surface area contributed by atoms with Crippen molar-refractivity contribution in [2.45, 2.75) is 19.8 Å². The molecular weight excluding hydrogens is 244 g/mol. The molecule has 19 heavy (non-hydrogen) atoms. The molecule has 2 aromatic rings. The Morgan fingerprint density at radius 2 is 2.11 bits per heavy atom. The highest BCUT2D eigenvalue weighted by Gasteiger charge is 2.11. The van der Waals surface area contributed by atoms with Crippen LogP contribution in [0.3, 0.4) is 0 Å². The van der Waals surface area contributed by atoms with Crippen LogP contribution in [0.25, 0.3) is 0 Å². The van der Waals surface area contributed by atoms with E-state index in [0.717, 1.165) is 5.56 Å². The van der Waals surface area contributed by atoms with E-state index in [0.29, 0.717) is 11.7 Å². The summed E-state index contributed by atoms with van der Waals surface area (Å²) in [5, 5.41) is 0. The highest BCUT2D eigenvalue weighted by Crippen LogP contribution is 2.27. The number of nitrogens with zero attached hydrogens (tertiary/aromatic N) is 1. The van der Waals surface area contributed by atoms with E-state index in [1.807, 2.05) is 24.3 Å². The average Bonchev–Trinajstić information content (AvgIpc) is 2.39. The minimum absolute atomic E-state index is 0.0671. The first-order valence-electron chi connectivity index (χ1n) is 6.01. The second-order valence-electron chi connectivity index (χ2n) is 4.40. The second-order valence-corrected chi connectivity index (χ2v) is 4.40. The number of benzene rings is 1. The first kappa shape index (κ1) is 13.1. The van der Waals surface area contributed by atoms with Gasteiger partial charge >= 0.3 is 0 Å². The number of aromatic amines is 1. The smallest absolute Gasteiger partial charge is 0.297 e. The predicted molar refractivity (Wildman–Crippen MR) is 72.0 cm³/mol. The number of hydrogen-bond donors (Lipinski definition) is 1. The summed E-state index contributed by atoms with van der Waals surface area (Å²) >= 11 is 0. The van der Waals surface area contributed by atoms with Crippen molar-refractivity contribution in [3.8, 4) is 17.4 Å². The van der Waals surface area contributed by atoms with Gasteiger partial charge in [-0.15, -0.1) is 0 Å². The zero-order valence-electron chi connectivity index (χ0n) is 11.1. The number of nitrogens with one attached hydrogen (secondary N) is 1. The summed E-state index contributed by atoms with van der Waals surface area (Å²) in [5.41, 5.74) is 0.786. The number of rotatable bonds is 4. The van der Waals surface area contributed by atoms with Gasteiger partial charge in [-0.05, 0) is 23.6 Å². The first-order valence-corrected chi connectivity index (χ1v) is 6.01. The van der Waals surface area contributed by atoms with Crippen LogP contribution in [0.5, 0.6) is 17.4 Å². The third kappa shape index (κ3) is 2.93. The molecule has 1 heterocycles. The zero-order valence-corrected chi connectivity index (χ0v) is 11.1. The Morgan fingerprint density at radius 3 is 2.79 bits per heavy atom. The van der Waals surface area contributed by atoms with Crippen molar-refractivity contribution >= 4 is 0 Å². The molecule has 0 saturated carbocycles. The standard InChI is InChI=1S/C14H16N2O3/c1-9(2)10-5-4-6-11(7-10)19-14-12(18-3)13(17)15-8-16-14/h4-9H,1-3H3,(H,15,16,17). The van der Waals surface area contributed by atoms with Crippen molar-refractivity contribution in [1.29, 1.82) is 0 Å². The van der Waals surface area contributed by atoms with Crippen molar-refractivity contribution in [2.75, 3.05) is 7.11 Å². The molecule has 1 N–H and O–H groups in total. The van der Waals surface area contributed by atoms with Crippen molar-refractivity contribution in [1.82, 2.24) is 9.97 Å². The Labute approximate surface area is 111 Å². The highest BCUT2D eigenvalue weighted by molar-refractivity contribution is 5.37. The van der Waals surface area contributed by atoms with Crippen molar-refractivity contribution in [2.24, 2.45) is 0 Å². The quantitative estimate of drug-likeness (QED) is 0.918. The minimum atomic E-state index is -0.368. The van der Waals surface area contributed by atoms with Crippen LogP contribution in [0.1, 0.15) is 25.3 Å². The van der Waals surface area contributed by atoms with Gasteiger partial charge in [0, 0.05) is 0 Å². The largest absolute Gasteiger partial charge is 0.487 e. The fraction of sp³-hybridized carbons (Fsp3) is 0.286. The molecule has 0 aliphatic heterocycles. The molecule has 1 aromatic heterocycles. The third-order valence-electron chi connectivity index (χ3n) is 2.72. The number of ether oxygens (including phenoxy) is 2. The lowest BCUT2D eigenvalue weighted by Crippen LogP contribution is -2.10. The molecule has 0 aliphatic rings. The molecular formula is C14H16N2O3. The molecule has 0 radical (unpaired) electrons. The molecule has 0 saturated heterocycles. The van der Waals surface area contributed by atoms with E-state index in [-0.39, 0.29) is 17.2 Å². The van der Waals surface area contributed by atoms with Gasteiger partial charge in [0.2, 0.25) is 5.75 Å². The lowest BCUT2D eigenvalue weighted by Gasteiger charge is -2.10. The summed E-state index contributed by atoms with van der Waals surface area (Å²) in [6.45, 7) is 4.20. The van der Waals surface area contributed by atoms with Crippen molar-refractivity contribution in [3.63, 3.8) is 0 Å². The SMILES string of the molecule is COc1c(Oc2cccc(C(C)C)c2)nc[nH]c1=O. The van der Waals surface area contributed by atoms with Gasteiger partial charge in [0.05, 0.1) is 13.4 Å². The van der Waals surface area contributed by atoms with Gasteiger partial charge in [-0.2, -0.15) is 0 Å². The van der Waals surface area contributed by atoms with Gasteiger partial charge in [0.15, 0.2) is 0 Å². The van der Waals surface area contributed by atoms with Gasteiger partial charge in [-0.25, -0.2) is 4.98 Å². The molecule has 5 heteroatoms. The van der Waals surface area contributed by atoms with E-state index in [2.05, 4.69) is 23.8 Å². The topological polar surface area (TPSA) is 64.2 Å². The zero-order chi connectivity index (χ0) is 13.8. The van der Waals surface area contributed by atoms with Gasteiger partial charge < -0.3 is 14.5 Å². The summed E-state index contributed by atoms with van der Waals surface area (Å²) in [6.07, 6.45) is 1.28. The summed E-state index contributed by atoms with van der Waals surface area (Å²) < 4.78 is 10.6. The van der Waals surface area contributed by atoms with E-state index in [9.17, 15) is 4.79 Å². The maximum absolute atomic E-state index is 11.5. The number of aromatic nitrogens is 2. The summed E-state index contributed by atoms with van der Waals surface area (Å²) in [7, 11) is 1.41. The van der Waals surface area contributed by atoms with Gasteiger partial charge in [0.25, 0.3) is 11.4 Å². The van der Waals surface area contributed by atoms with E-state index < -0.39 is 0 Å². The van der Waals surface area contributed by atoms with Crippen molar-refractivity contribution in [3.05, 3.63) is 46.5 Å². The van der Waals surface area contributed by atoms with Crippen LogP contribution in [0.15, 0.2) is 35.4 Å². The normalized spacial score (nSPS) is 10.5. The van der Waals surface area contributed by atoms with Crippen molar-refractivity contribution < 1.29 is 9.47 Å². The molecule has 100 valence electrons. The molecule has 0 unspecified atom stereocenters. The van der Waals surface area contributed by atoms with Gasteiger partial charge in [-0.1, -0.05) is 26.0 Å². The van der Waals surface area contributed by atoms with Crippen LogP contribution in [-0.2, 0) is 0 Å². The fourth-order valence-electron chi connectivity index (χ4n) is 1.67. The minimum Gasteiger partial charge on any atom is -0.487 e. The predicted octanol–water partition coefficient (Wildman–Crippen LogP) is 2.69. The molecule has 0 aliphatic carbocycles. The third-order valence-corrected chi connectivity index (χ3v) is 2.72. The second kappa shape index (κ2) is 5.56. The molecule has 0 spiro atoms. The summed E-state index contributed by atoms with van der Waals surface area (Å²) in [6, 6.07) is 7.67. The van der Waals surface area contributed by atoms with Crippen LogP contribution < -0.4 is 15.0 Å². The Morgan fingerprint density at radius 1 is 1.32 bits per heavy atom. The molecule has 1 aromatic carbocycles. The monoisotopic (exact) mass is 260 g/mol. The Hall–Kier alpha value is -2.30. The van der Waals surface area contributed by atoms with Crippen LogP contribution >= 0.6 is 0 Å². The van der Waals surface area contributed by atoms with Crippen LogP contribution in [0.2, 0.25) is 0 Å². The van der Waals surface area contributed by atoms with E-state index in [4.69, 9.17) is 9.47 Å². The van der Waals surface area contributed by atoms with Crippen LogP contribution in [-0.4, -0.2) is 17.1 Å². The maximum Gasteiger partial charge on any atom is 0.297 e. The Bertz CT molecular complexity index is 620.